The van der Waals surface area contributed by atoms with Crippen molar-refractivity contribution in [2.75, 3.05) is 32.1 Å². The van der Waals surface area contributed by atoms with Crippen molar-refractivity contribution in [2.24, 2.45) is 4.99 Å². The number of anilines is 1. The number of aliphatic imine (C=N–C) groups is 1. The van der Waals surface area contributed by atoms with Crippen molar-refractivity contribution in [3.63, 3.8) is 0 Å². The van der Waals surface area contributed by atoms with Gasteiger partial charge in [0.15, 0.2) is 5.96 Å². The molecule has 2 N–H and O–H groups in total. The van der Waals surface area contributed by atoms with Crippen LogP contribution in [-0.2, 0) is 12.0 Å². The Kier molecular flexibility index (Phi) is 9.35. The summed E-state index contributed by atoms with van der Waals surface area (Å²) in [6, 6.07) is 8.38. The van der Waals surface area contributed by atoms with Crippen LogP contribution in [0, 0.1) is 0 Å². The lowest BCUT2D eigenvalue weighted by atomic mass is 9.91. The van der Waals surface area contributed by atoms with Gasteiger partial charge in [-0.15, -0.1) is 35.3 Å². The Morgan fingerprint density at radius 2 is 2.04 bits per heavy atom. The Morgan fingerprint density at radius 1 is 1.27 bits per heavy atom. The first-order valence-corrected chi connectivity index (χ1v) is 9.49. The molecule has 0 saturated carbocycles. The molecule has 2 aromatic rings. The van der Waals surface area contributed by atoms with Crippen molar-refractivity contribution in [1.82, 2.24) is 15.6 Å². The summed E-state index contributed by atoms with van der Waals surface area (Å²) in [5, 5.41) is 8.93. The van der Waals surface area contributed by atoms with Crippen LogP contribution in [0.15, 0.2) is 40.8 Å². The molecule has 0 unspecified atom stereocenters. The Morgan fingerprint density at radius 3 is 2.65 bits per heavy atom. The average Bonchev–Trinajstić information content (AvgIpc) is 3.13. The summed E-state index contributed by atoms with van der Waals surface area (Å²) in [4.78, 5) is 12.4. The Bertz CT molecular complexity index is 683. The monoisotopic (exact) mass is 487 g/mol. The van der Waals surface area contributed by atoms with E-state index in [4.69, 9.17) is 4.99 Å². The fraction of sp³-hybridized carbons (Fsp3) is 0.474. The highest BCUT2D eigenvalue weighted by Crippen LogP contribution is 2.26. The fourth-order valence-corrected chi connectivity index (χ4v) is 3.22. The van der Waals surface area contributed by atoms with E-state index in [1.807, 2.05) is 31.3 Å². The minimum absolute atomic E-state index is 0. The van der Waals surface area contributed by atoms with Gasteiger partial charge in [-0.25, -0.2) is 9.98 Å². The van der Waals surface area contributed by atoms with Gasteiger partial charge in [0.1, 0.15) is 5.82 Å². The smallest absolute Gasteiger partial charge is 0.191 e. The van der Waals surface area contributed by atoms with Crippen molar-refractivity contribution >= 4 is 47.1 Å². The third kappa shape index (κ3) is 6.75. The van der Waals surface area contributed by atoms with Gasteiger partial charge in [-0.2, -0.15) is 0 Å². The summed E-state index contributed by atoms with van der Waals surface area (Å²) in [5.41, 5.74) is 1.22. The van der Waals surface area contributed by atoms with Crippen LogP contribution >= 0.6 is 35.3 Å². The third-order valence-corrected chi connectivity index (χ3v) is 5.15. The molecule has 0 saturated heterocycles. The maximum Gasteiger partial charge on any atom is 0.191 e. The molecule has 0 radical (unpaired) electrons. The normalized spacial score (nSPS) is 11.7. The summed E-state index contributed by atoms with van der Waals surface area (Å²) in [5.74, 6) is 1.79. The highest BCUT2D eigenvalue weighted by Gasteiger charge is 2.21. The van der Waals surface area contributed by atoms with E-state index in [-0.39, 0.29) is 29.4 Å². The topological polar surface area (TPSA) is 52.6 Å². The molecule has 0 aliphatic carbocycles. The van der Waals surface area contributed by atoms with Crippen LogP contribution in [0.2, 0.25) is 0 Å². The molecule has 0 aliphatic heterocycles. The van der Waals surface area contributed by atoms with E-state index in [0.29, 0.717) is 6.54 Å². The van der Waals surface area contributed by atoms with Crippen molar-refractivity contribution in [1.29, 1.82) is 0 Å². The second-order valence-corrected chi connectivity index (χ2v) is 7.77. The molecule has 2 heterocycles. The summed E-state index contributed by atoms with van der Waals surface area (Å²) < 4.78 is 0. The number of guanidine groups is 1. The van der Waals surface area contributed by atoms with Gasteiger partial charge in [0.2, 0.25) is 0 Å². The highest BCUT2D eigenvalue weighted by atomic mass is 127. The van der Waals surface area contributed by atoms with Crippen LogP contribution in [-0.4, -0.2) is 38.1 Å². The summed E-state index contributed by atoms with van der Waals surface area (Å²) in [6.07, 6.45) is 1.83. The largest absolute Gasteiger partial charge is 0.363 e. The van der Waals surface area contributed by atoms with Gasteiger partial charge >= 0.3 is 0 Å². The minimum Gasteiger partial charge on any atom is -0.363 e. The molecule has 2 rings (SSSR count). The van der Waals surface area contributed by atoms with Crippen molar-refractivity contribution in [3.05, 3.63) is 46.3 Å². The van der Waals surface area contributed by atoms with Gasteiger partial charge in [0.25, 0.3) is 0 Å². The third-order valence-electron chi connectivity index (χ3n) is 3.92. The second kappa shape index (κ2) is 10.7. The van der Waals surface area contributed by atoms with Gasteiger partial charge in [-0.1, -0.05) is 19.9 Å². The number of nitrogens with one attached hydrogen (secondary N) is 2. The van der Waals surface area contributed by atoms with Crippen molar-refractivity contribution in [2.45, 2.75) is 32.7 Å². The molecule has 0 atom stereocenters. The second-order valence-electron chi connectivity index (χ2n) is 6.83. The SMILES string of the molecule is CCNC(=NCc1ccnc(N(C)C)c1)NCC(C)(C)c1cccs1.I. The van der Waals surface area contributed by atoms with E-state index in [1.54, 1.807) is 11.3 Å². The fourth-order valence-electron chi connectivity index (χ4n) is 2.37. The Labute approximate surface area is 178 Å². The first kappa shape index (κ1) is 22.7. The molecule has 0 amide bonds. The Hall–Kier alpha value is -1.35. The zero-order valence-corrected chi connectivity index (χ0v) is 19.4. The molecular formula is C19H30IN5S. The van der Waals surface area contributed by atoms with Crippen LogP contribution in [0.4, 0.5) is 5.82 Å². The quantitative estimate of drug-likeness (QED) is 0.354. The first-order chi connectivity index (χ1) is 11.9. The lowest BCUT2D eigenvalue weighted by molar-refractivity contribution is 0.518. The standard InChI is InChI=1S/C19H29N5S.HI/c1-6-20-18(23-14-19(2,3)16-8-7-11-25-16)22-13-15-9-10-21-17(12-15)24(4)5;/h7-12H,6,13-14H2,1-5H3,(H2,20,22,23);1H. The molecule has 0 bridgehead atoms. The van der Waals surface area contributed by atoms with Crippen LogP contribution in [0.5, 0.6) is 0 Å². The molecule has 144 valence electrons. The number of pyridine rings is 1. The number of hydrogen-bond donors (Lipinski definition) is 2. The molecular weight excluding hydrogens is 457 g/mol. The Balaban J connectivity index is 0.00000338. The summed E-state index contributed by atoms with van der Waals surface area (Å²) in [7, 11) is 3.99. The average molecular weight is 487 g/mol. The van der Waals surface area contributed by atoms with Crippen molar-refractivity contribution < 1.29 is 0 Å². The predicted molar refractivity (Wildman–Crippen MR) is 124 cm³/mol. The van der Waals surface area contributed by atoms with Crippen LogP contribution in [0.25, 0.3) is 0 Å². The minimum atomic E-state index is 0. The number of nitrogens with zero attached hydrogens (tertiary/aromatic N) is 3. The molecule has 0 aromatic carbocycles. The van der Waals surface area contributed by atoms with Gasteiger partial charge in [-0.05, 0) is 36.1 Å². The van der Waals surface area contributed by atoms with E-state index in [1.165, 1.54) is 4.88 Å². The highest BCUT2D eigenvalue weighted by molar-refractivity contribution is 14.0. The van der Waals surface area contributed by atoms with E-state index in [9.17, 15) is 0 Å². The van der Waals surface area contributed by atoms with Crippen molar-refractivity contribution in [3.8, 4) is 0 Å². The first-order valence-electron chi connectivity index (χ1n) is 8.61. The molecule has 0 fully saturated rings. The summed E-state index contributed by atoms with van der Waals surface area (Å²) in [6.45, 7) is 8.88. The van der Waals surface area contributed by atoms with Gasteiger partial charge < -0.3 is 15.5 Å². The van der Waals surface area contributed by atoms with Gasteiger partial charge in [-0.3, -0.25) is 0 Å². The number of halogens is 1. The number of thiophene rings is 1. The number of rotatable bonds is 7. The number of aromatic nitrogens is 1. The van der Waals surface area contributed by atoms with Crippen LogP contribution in [0.3, 0.4) is 0 Å². The van der Waals surface area contributed by atoms with E-state index >= 15 is 0 Å². The maximum absolute atomic E-state index is 4.72. The predicted octanol–water partition coefficient (Wildman–Crippen LogP) is 3.86. The molecule has 2 aromatic heterocycles. The zero-order valence-electron chi connectivity index (χ0n) is 16.2. The maximum atomic E-state index is 4.72. The number of hydrogen-bond acceptors (Lipinski definition) is 4. The zero-order chi connectivity index (χ0) is 18.3. The van der Waals surface area contributed by atoms with Gasteiger partial charge in [0, 0.05) is 43.7 Å². The lowest BCUT2D eigenvalue weighted by Gasteiger charge is -2.25. The van der Waals surface area contributed by atoms with Crippen LogP contribution < -0.4 is 15.5 Å². The van der Waals surface area contributed by atoms with E-state index in [0.717, 1.165) is 30.4 Å². The molecule has 0 aliphatic rings. The molecule has 7 heteroatoms. The van der Waals surface area contributed by atoms with E-state index in [2.05, 4.69) is 60.0 Å². The summed E-state index contributed by atoms with van der Waals surface area (Å²) >= 11 is 1.80. The lowest BCUT2D eigenvalue weighted by Crippen LogP contribution is -2.43. The molecule has 5 nitrogen and oxygen atoms in total. The van der Waals surface area contributed by atoms with Crippen LogP contribution in [0.1, 0.15) is 31.2 Å². The van der Waals surface area contributed by atoms with E-state index < -0.39 is 0 Å². The van der Waals surface area contributed by atoms with Gasteiger partial charge in [0.05, 0.1) is 6.54 Å². The molecule has 26 heavy (non-hydrogen) atoms. The molecule has 0 spiro atoms.